The van der Waals surface area contributed by atoms with E-state index < -0.39 is 0 Å². The van der Waals surface area contributed by atoms with Gasteiger partial charge in [-0.15, -0.1) is 11.3 Å². The van der Waals surface area contributed by atoms with Gasteiger partial charge in [0.15, 0.2) is 0 Å². The molecule has 5 nitrogen and oxygen atoms in total. The van der Waals surface area contributed by atoms with Gasteiger partial charge in [-0.2, -0.15) is 0 Å². The van der Waals surface area contributed by atoms with Crippen LogP contribution in [0.1, 0.15) is 56.6 Å². The Morgan fingerprint density at radius 2 is 1.27 bits per heavy atom. The number of anilines is 3. The molecule has 3 heterocycles. The van der Waals surface area contributed by atoms with E-state index in [0.29, 0.717) is 29.5 Å². The summed E-state index contributed by atoms with van der Waals surface area (Å²) >= 11 is 1.74. The van der Waals surface area contributed by atoms with Crippen molar-refractivity contribution in [1.29, 1.82) is 0 Å². The molecule has 4 aromatic rings. The van der Waals surface area contributed by atoms with E-state index in [1.807, 2.05) is 18.2 Å². The summed E-state index contributed by atoms with van der Waals surface area (Å²) in [5.41, 5.74) is 9.55. The number of amides is 2. The van der Waals surface area contributed by atoms with Gasteiger partial charge in [0.05, 0.1) is 11.3 Å². The Morgan fingerprint density at radius 3 is 1.88 bits per heavy atom. The zero-order valence-corrected chi connectivity index (χ0v) is 30.4. The van der Waals surface area contributed by atoms with Crippen LogP contribution in [-0.4, -0.2) is 38.0 Å². The number of nitrogens with zero attached hydrogens (tertiary/aromatic N) is 3. The van der Waals surface area contributed by atoms with Crippen LogP contribution in [0.25, 0.3) is 10.4 Å². The van der Waals surface area contributed by atoms with Crippen molar-refractivity contribution in [2.75, 3.05) is 40.9 Å². The molecule has 6 fully saturated rings. The summed E-state index contributed by atoms with van der Waals surface area (Å²) < 4.78 is 0. The van der Waals surface area contributed by atoms with Crippen molar-refractivity contribution in [3.05, 3.63) is 124 Å². The molecule has 4 bridgehead atoms. The Hall–Kier alpha value is -4.42. The molecule has 0 unspecified atom stereocenters. The average molecular weight is 694 g/mol. The number of carbonyl (C=O) groups is 2. The van der Waals surface area contributed by atoms with E-state index in [1.165, 1.54) is 76.3 Å². The molecule has 6 heteroatoms. The number of allylic oxidation sites excluding steroid dienone is 2. The maximum atomic E-state index is 14.6. The van der Waals surface area contributed by atoms with Crippen molar-refractivity contribution in [2.24, 2.45) is 23.7 Å². The lowest BCUT2D eigenvalue weighted by Crippen LogP contribution is -2.46. The first-order valence-electron chi connectivity index (χ1n) is 19.2. The van der Waals surface area contributed by atoms with Crippen LogP contribution in [0.5, 0.6) is 0 Å². The SMILES string of the molecule is CCCc1ccc(N2CCN(c3ccc(N4C(=O)C(=CCc5csc(-c6ccccc6)c5)C(=C5C6CC7CC(C6)CC5C7)C4=O)cc3)CC2)cc1. The average Bonchev–Trinajstić information content (AvgIpc) is 3.73. The molecule has 4 aliphatic carbocycles. The van der Waals surface area contributed by atoms with Crippen LogP contribution in [0.3, 0.4) is 0 Å². The maximum absolute atomic E-state index is 14.6. The van der Waals surface area contributed by atoms with Crippen molar-refractivity contribution in [3.63, 3.8) is 0 Å². The Balaban J connectivity index is 0.962. The summed E-state index contributed by atoms with van der Waals surface area (Å²) in [6, 6.07) is 29.9. The standard InChI is InChI=1S/C45H47N3O2S/c1-2-6-30-9-12-37(13-10-30)46-19-21-47(22-20-46)38-14-16-39(17-15-38)48-44(49)40(18-11-31-28-41(51-29-31)34-7-4-3-5-8-34)43(45(48)50)42-35-24-32-23-33(26-35)27-36(42)25-32/h3-5,7-10,12-18,28-29,32-33,35-36H,2,6,11,19-27H2,1H3. The Labute approximate surface area is 306 Å². The monoisotopic (exact) mass is 693 g/mol. The fraction of sp³-hybridized carbons (Fsp3) is 0.378. The highest BCUT2D eigenvalue weighted by molar-refractivity contribution is 7.13. The number of thiophene rings is 1. The molecule has 51 heavy (non-hydrogen) atoms. The smallest absolute Gasteiger partial charge is 0.266 e. The van der Waals surface area contributed by atoms with E-state index in [2.05, 4.69) is 94.9 Å². The largest absolute Gasteiger partial charge is 0.368 e. The van der Waals surface area contributed by atoms with Crippen LogP contribution in [-0.2, 0) is 22.4 Å². The third-order valence-corrected chi connectivity index (χ3v) is 13.3. The molecule has 2 amide bonds. The van der Waals surface area contributed by atoms with Gasteiger partial charge in [0.2, 0.25) is 0 Å². The van der Waals surface area contributed by atoms with Gasteiger partial charge in [-0.05, 0) is 133 Å². The van der Waals surface area contributed by atoms with Crippen molar-refractivity contribution in [3.8, 4) is 10.4 Å². The summed E-state index contributed by atoms with van der Waals surface area (Å²) in [4.78, 5) is 36.6. The summed E-state index contributed by atoms with van der Waals surface area (Å²) in [5, 5.41) is 2.19. The summed E-state index contributed by atoms with van der Waals surface area (Å²) in [6.45, 7) is 6.01. The Morgan fingerprint density at radius 1 is 0.686 bits per heavy atom. The van der Waals surface area contributed by atoms with Crippen molar-refractivity contribution in [1.82, 2.24) is 0 Å². The fourth-order valence-electron chi connectivity index (χ4n) is 10.0. The van der Waals surface area contributed by atoms with E-state index in [4.69, 9.17) is 0 Å². The van der Waals surface area contributed by atoms with Crippen molar-refractivity contribution in [2.45, 2.75) is 58.3 Å². The molecular weight excluding hydrogens is 647 g/mol. The summed E-state index contributed by atoms with van der Waals surface area (Å²) in [5.74, 6) is 2.18. The lowest BCUT2D eigenvalue weighted by atomic mass is 9.53. The second kappa shape index (κ2) is 13.6. The highest BCUT2D eigenvalue weighted by atomic mass is 32.1. The molecule has 0 N–H and O–H groups in total. The zero-order valence-electron chi connectivity index (χ0n) is 29.6. The lowest BCUT2D eigenvalue weighted by Gasteiger charge is -2.52. The second-order valence-electron chi connectivity index (χ2n) is 15.5. The van der Waals surface area contributed by atoms with Gasteiger partial charge in [-0.3, -0.25) is 9.59 Å². The number of carbonyl (C=O) groups excluding carboxylic acids is 2. The number of imide groups is 1. The third-order valence-electron chi connectivity index (χ3n) is 12.3. The summed E-state index contributed by atoms with van der Waals surface area (Å²) in [7, 11) is 0. The molecule has 6 aliphatic rings. The van der Waals surface area contributed by atoms with Crippen molar-refractivity contribution < 1.29 is 9.59 Å². The van der Waals surface area contributed by atoms with Gasteiger partial charge in [0.25, 0.3) is 11.8 Å². The van der Waals surface area contributed by atoms with Gasteiger partial charge in [-0.25, -0.2) is 4.90 Å². The minimum atomic E-state index is -0.166. The predicted octanol–water partition coefficient (Wildman–Crippen LogP) is 9.49. The van der Waals surface area contributed by atoms with Gasteiger partial charge >= 0.3 is 0 Å². The molecular formula is C45H47N3O2S. The highest BCUT2D eigenvalue weighted by Gasteiger charge is 2.50. The number of hydrogen-bond donors (Lipinski definition) is 0. The number of rotatable bonds is 8. The molecule has 10 rings (SSSR count). The van der Waals surface area contributed by atoms with Crippen LogP contribution in [0.2, 0.25) is 0 Å². The quantitative estimate of drug-likeness (QED) is 0.136. The minimum absolute atomic E-state index is 0.115. The molecule has 0 spiro atoms. The molecule has 2 saturated heterocycles. The van der Waals surface area contributed by atoms with Gasteiger partial charge in [0.1, 0.15) is 0 Å². The van der Waals surface area contributed by atoms with E-state index >= 15 is 0 Å². The van der Waals surface area contributed by atoms with E-state index in [1.54, 1.807) is 11.3 Å². The highest BCUT2D eigenvalue weighted by Crippen LogP contribution is 2.58. The summed E-state index contributed by atoms with van der Waals surface area (Å²) in [6.07, 6.45) is 11.1. The lowest BCUT2D eigenvalue weighted by molar-refractivity contribution is -0.119. The first-order valence-corrected chi connectivity index (χ1v) is 20.1. The van der Waals surface area contributed by atoms with Gasteiger partial charge < -0.3 is 9.80 Å². The van der Waals surface area contributed by atoms with Crippen molar-refractivity contribution >= 4 is 40.2 Å². The van der Waals surface area contributed by atoms with E-state index in [0.717, 1.165) is 55.7 Å². The number of aryl methyl sites for hydroxylation is 1. The number of hydrogen-bond acceptors (Lipinski definition) is 5. The Bertz CT molecular complexity index is 1950. The third kappa shape index (κ3) is 6.16. The molecule has 260 valence electrons. The van der Waals surface area contributed by atoms with Crippen LogP contribution >= 0.6 is 11.3 Å². The molecule has 4 saturated carbocycles. The molecule has 3 aromatic carbocycles. The normalized spacial score (nSPS) is 25.2. The molecule has 1 aromatic heterocycles. The Kier molecular flexibility index (Phi) is 8.67. The first-order chi connectivity index (χ1) is 25.0. The van der Waals surface area contributed by atoms with Gasteiger partial charge in [0, 0.05) is 48.0 Å². The van der Waals surface area contributed by atoms with E-state index in [-0.39, 0.29) is 11.8 Å². The predicted molar refractivity (Wildman–Crippen MR) is 209 cm³/mol. The topological polar surface area (TPSA) is 43.9 Å². The van der Waals surface area contributed by atoms with Crippen LogP contribution in [0, 0.1) is 23.7 Å². The molecule has 0 radical (unpaired) electrons. The van der Waals surface area contributed by atoms with E-state index in [9.17, 15) is 9.59 Å². The van der Waals surface area contributed by atoms with Crippen LogP contribution in [0.4, 0.5) is 17.1 Å². The molecule has 0 atom stereocenters. The zero-order chi connectivity index (χ0) is 34.5. The van der Waals surface area contributed by atoms with Gasteiger partial charge in [-0.1, -0.05) is 67.5 Å². The van der Waals surface area contributed by atoms with Crippen LogP contribution in [0.15, 0.2) is 113 Å². The first kappa shape index (κ1) is 32.5. The number of piperazine rings is 1. The minimum Gasteiger partial charge on any atom is -0.368 e. The second-order valence-corrected chi connectivity index (χ2v) is 16.4. The fourth-order valence-corrected chi connectivity index (χ4v) is 10.9. The number of benzene rings is 3. The van der Waals surface area contributed by atoms with Crippen LogP contribution < -0.4 is 14.7 Å². The molecule has 2 aliphatic heterocycles. The maximum Gasteiger partial charge on any atom is 0.266 e.